The average Bonchev–Trinajstić information content (AvgIpc) is 3.08. The highest BCUT2D eigenvalue weighted by Crippen LogP contribution is 2.28. The highest BCUT2D eigenvalue weighted by atomic mass is 16.5. The van der Waals surface area contributed by atoms with E-state index in [1.807, 2.05) is 30.3 Å². The molecule has 1 aliphatic rings. The summed E-state index contributed by atoms with van der Waals surface area (Å²) >= 11 is 0. The normalized spacial score (nSPS) is 13.7. The summed E-state index contributed by atoms with van der Waals surface area (Å²) in [5.41, 5.74) is 1.76. The molecule has 0 bridgehead atoms. The smallest absolute Gasteiger partial charge is 0.336 e. The van der Waals surface area contributed by atoms with Gasteiger partial charge in [-0.2, -0.15) is 0 Å². The van der Waals surface area contributed by atoms with Crippen LogP contribution in [0.1, 0.15) is 31.8 Å². The number of benzene rings is 3. The molecule has 0 fully saturated rings. The van der Waals surface area contributed by atoms with Crippen LogP contribution in [-0.2, 0) is 11.2 Å². The molecule has 0 saturated heterocycles. The summed E-state index contributed by atoms with van der Waals surface area (Å²) in [5.74, 6) is -1.72. The molecular formula is C27H19NO6. The molecule has 2 heterocycles. The maximum Gasteiger partial charge on any atom is 0.336 e. The number of carbonyl (C=O) groups excluding carboxylic acids is 3. The topological polar surface area (TPSA) is 93.9 Å². The molecule has 2 amide bonds. The van der Waals surface area contributed by atoms with Gasteiger partial charge in [-0.05, 0) is 42.3 Å². The number of rotatable bonds is 5. The Balaban J connectivity index is 1.50. The third-order valence-electron chi connectivity index (χ3n) is 5.82. The molecule has 1 aromatic heterocycles. The average molecular weight is 453 g/mol. The molecule has 3 aromatic carbocycles. The lowest BCUT2D eigenvalue weighted by Crippen LogP contribution is -2.48. The standard InChI is InChI=1S/C27H19NO6/c1-16-13-24(29)34-23-15-18(11-12-19(16)23)33-27(32)22(14-17-7-3-2-4-8-17)28-25(30)20-9-5-6-10-21(20)26(28)31/h2-13,15,22H,14H2,1H3/t22-/m1/s1. The summed E-state index contributed by atoms with van der Waals surface area (Å²) in [5, 5.41) is 0.709. The molecule has 1 atom stereocenters. The number of fused-ring (bicyclic) bond motifs is 2. The molecule has 168 valence electrons. The molecule has 0 spiro atoms. The summed E-state index contributed by atoms with van der Waals surface area (Å²) in [6.45, 7) is 1.78. The van der Waals surface area contributed by atoms with E-state index in [1.54, 1.807) is 43.3 Å². The maximum atomic E-state index is 13.4. The molecule has 4 aromatic rings. The molecule has 0 aliphatic carbocycles. The van der Waals surface area contributed by atoms with Crippen LogP contribution in [0.5, 0.6) is 5.75 Å². The van der Waals surface area contributed by atoms with Crippen LogP contribution in [0.15, 0.2) is 88.1 Å². The molecule has 5 rings (SSSR count). The second-order valence-electron chi connectivity index (χ2n) is 8.06. The number of hydrogen-bond donors (Lipinski definition) is 0. The van der Waals surface area contributed by atoms with E-state index < -0.39 is 29.5 Å². The number of aryl methyl sites for hydroxylation is 1. The molecule has 1 aliphatic heterocycles. The van der Waals surface area contributed by atoms with Gasteiger partial charge in [-0.3, -0.25) is 14.5 Å². The lowest BCUT2D eigenvalue weighted by atomic mass is 10.0. The molecule has 0 radical (unpaired) electrons. The Kier molecular flexibility index (Phi) is 5.30. The van der Waals surface area contributed by atoms with E-state index in [0.29, 0.717) is 5.39 Å². The van der Waals surface area contributed by atoms with Crippen molar-refractivity contribution in [2.45, 2.75) is 19.4 Å². The summed E-state index contributed by atoms with van der Waals surface area (Å²) in [7, 11) is 0. The van der Waals surface area contributed by atoms with Crippen molar-refractivity contribution in [3.8, 4) is 5.75 Å². The van der Waals surface area contributed by atoms with Crippen molar-refractivity contribution in [3.05, 3.63) is 112 Å². The second kappa shape index (κ2) is 8.44. The van der Waals surface area contributed by atoms with Gasteiger partial charge in [0.1, 0.15) is 17.4 Å². The quantitative estimate of drug-likeness (QED) is 0.197. The van der Waals surface area contributed by atoms with Crippen LogP contribution >= 0.6 is 0 Å². The fourth-order valence-electron chi connectivity index (χ4n) is 4.16. The first-order valence-electron chi connectivity index (χ1n) is 10.7. The summed E-state index contributed by atoms with van der Waals surface area (Å²) in [6, 6.07) is 20.5. The maximum absolute atomic E-state index is 13.4. The van der Waals surface area contributed by atoms with Crippen molar-refractivity contribution in [3.63, 3.8) is 0 Å². The van der Waals surface area contributed by atoms with Gasteiger partial charge in [0.25, 0.3) is 11.8 Å². The van der Waals surface area contributed by atoms with Crippen LogP contribution in [0.2, 0.25) is 0 Å². The Morgan fingerprint density at radius 3 is 2.21 bits per heavy atom. The van der Waals surface area contributed by atoms with Gasteiger partial charge in [0.05, 0.1) is 11.1 Å². The van der Waals surface area contributed by atoms with Crippen LogP contribution in [0.25, 0.3) is 11.0 Å². The highest BCUT2D eigenvalue weighted by molar-refractivity contribution is 6.22. The molecular weight excluding hydrogens is 434 g/mol. The summed E-state index contributed by atoms with van der Waals surface area (Å²) in [6.07, 6.45) is 0.0902. The number of carbonyl (C=O) groups is 3. The van der Waals surface area contributed by atoms with Gasteiger partial charge >= 0.3 is 11.6 Å². The first kappa shape index (κ1) is 21.3. The van der Waals surface area contributed by atoms with E-state index in [4.69, 9.17) is 9.15 Å². The fraction of sp³-hybridized carbons (Fsp3) is 0.111. The first-order chi connectivity index (χ1) is 16.4. The molecule has 34 heavy (non-hydrogen) atoms. The molecule has 7 nitrogen and oxygen atoms in total. The van der Waals surface area contributed by atoms with Gasteiger partial charge < -0.3 is 9.15 Å². The Morgan fingerprint density at radius 2 is 1.53 bits per heavy atom. The van der Waals surface area contributed by atoms with E-state index in [2.05, 4.69) is 0 Å². The van der Waals surface area contributed by atoms with Crippen molar-refractivity contribution in [1.29, 1.82) is 0 Å². The minimum absolute atomic E-state index is 0.0902. The van der Waals surface area contributed by atoms with Gasteiger partial charge in [0, 0.05) is 23.9 Å². The third-order valence-corrected chi connectivity index (χ3v) is 5.82. The predicted molar refractivity (Wildman–Crippen MR) is 124 cm³/mol. The van der Waals surface area contributed by atoms with E-state index >= 15 is 0 Å². The molecule has 0 saturated carbocycles. The Morgan fingerprint density at radius 1 is 0.882 bits per heavy atom. The number of nitrogens with zero attached hydrogens (tertiary/aromatic N) is 1. The van der Waals surface area contributed by atoms with Crippen LogP contribution in [0, 0.1) is 6.92 Å². The number of amides is 2. The molecule has 0 N–H and O–H groups in total. The molecule has 7 heteroatoms. The Bertz CT molecular complexity index is 1470. The fourth-order valence-corrected chi connectivity index (χ4v) is 4.16. The Hall–Kier alpha value is -4.52. The van der Waals surface area contributed by atoms with E-state index in [0.717, 1.165) is 16.0 Å². The largest absolute Gasteiger partial charge is 0.425 e. The predicted octanol–water partition coefficient (Wildman–Crippen LogP) is 3.91. The van der Waals surface area contributed by atoms with Crippen molar-refractivity contribution >= 4 is 28.8 Å². The van der Waals surface area contributed by atoms with E-state index in [-0.39, 0.29) is 28.9 Å². The minimum atomic E-state index is -1.19. The van der Waals surface area contributed by atoms with Gasteiger partial charge in [0.2, 0.25) is 0 Å². The van der Waals surface area contributed by atoms with Crippen molar-refractivity contribution in [2.24, 2.45) is 0 Å². The number of esters is 1. The highest BCUT2D eigenvalue weighted by Gasteiger charge is 2.43. The second-order valence-corrected chi connectivity index (χ2v) is 8.06. The van der Waals surface area contributed by atoms with Gasteiger partial charge in [-0.1, -0.05) is 42.5 Å². The zero-order valence-corrected chi connectivity index (χ0v) is 18.2. The SMILES string of the molecule is Cc1cc(=O)oc2cc(OC(=O)[C@@H](Cc3ccccc3)N3C(=O)c4ccccc4C3=O)ccc12. The third kappa shape index (κ3) is 3.77. The van der Waals surface area contributed by atoms with Gasteiger partial charge in [-0.15, -0.1) is 0 Å². The van der Waals surface area contributed by atoms with E-state index in [1.165, 1.54) is 12.1 Å². The van der Waals surface area contributed by atoms with Gasteiger partial charge in [-0.25, -0.2) is 9.59 Å². The summed E-state index contributed by atoms with van der Waals surface area (Å²) < 4.78 is 10.8. The van der Waals surface area contributed by atoms with Gasteiger partial charge in [0.15, 0.2) is 0 Å². The van der Waals surface area contributed by atoms with Crippen LogP contribution in [-0.4, -0.2) is 28.7 Å². The van der Waals surface area contributed by atoms with Crippen molar-refractivity contribution < 1.29 is 23.5 Å². The van der Waals surface area contributed by atoms with Crippen molar-refractivity contribution in [1.82, 2.24) is 4.90 Å². The number of ether oxygens (including phenoxy) is 1. The lowest BCUT2D eigenvalue weighted by molar-refractivity contribution is -0.138. The number of hydrogen-bond acceptors (Lipinski definition) is 6. The summed E-state index contributed by atoms with van der Waals surface area (Å²) in [4.78, 5) is 52.3. The number of imide groups is 1. The molecule has 0 unspecified atom stereocenters. The monoisotopic (exact) mass is 453 g/mol. The first-order valence-corrected chi connectivity index (χ1v) is 10.7. The zero-order chi connectivity index (χ0) is 23.8. The Labute approximate surface area is 194 Å². The zero-order valence-electron chi connectivity index (χ0n) is 18.2. The minimum Gasteiger partial charge on any atom is -0.425 e. The van der Waals surface area contributed by atoms with E-state index in [9.17, 15) is 19.2 Å². The van der Waals surface area contributed by atoms with Crippen LogP contribution < -0.4 is 10.4 Å². The van der Waals surface area contributed by atoms with Crippen LogP contribution in [0.3, 0.4) is 0 Å². The van der Waals surface area contributed by atoms with Crippen LogP contribution in [0.4, 0.5) is 0 Å². The van der Waals surface area contributed by atoms with Crippen molar-refractivity contribution in [2.75, 3.05) is 0 Å². The lowest BCUT2D eigenvalue weighted by Gasteiger charge is -2.24.